The second kappa shape index (κ2) is 3.83. The summed E-state index contributed by atoms with van der Waals surface area (Å²) in [6, 6.07) is 7.26. The number of carbonyl (C=O) groups excluding carboxylic acids is 2. The lowest BCUT2D eigenvalue weighted by molar-refractivity contribution is -0.157. The minimum atomic E-state index is -0.901. The van der Waals surface area contributed by atoms with E-state index in [4.69, 9.17) is 4.74 Å². The average molecular weight is 312 g/mol. The zero-order valence-corrected chi connectivity index (χ0v) is 12.6. The monoisotopic (exact) mass is 312 g/mol. The van der Waals surface area contributed by atoms with Crippen molar-refractivity contribution in [1.29, 1.82) is 0 Å². The summed E-state index contributed by atoms with van der Waals surface area (Å²) in [5.74, 6) is -1.36. The van der Waals surface area contributed by atoms with E-state index in [1.54, 1.807) is 23.0 Å². The number of benzene rings is 1. The van der Waals surface area contributed by atoms with E-state index in [-0.39, 0.29) is 5.92 Å². The van der Waals surface area contributed by atoms with Crippen molar-refractivity contribution in [3.8, 4) is 0 Å². The third kappa shape index (κ3) is 1.25. The maximum absolute atomic E-state index is 12.7. The molecule has 0 radical (unpaired) electrons. The molecule has 0 saturated carbocycles. The Bertz CT molecular complexity index is 791. The normalized spacial score (nSPS) is 39.7. The molecule has 6 rings (SSSR count). The number of aliphatic hydroxyl groups is 1. The number of hydrogen-bond donors (Lipinski definition) is 1. The number of aliphatic hydroxyl groups excluding tert-OH is 1. The fraction of sp³-hybridized carbons (Fsp3) is 0.412. The van der Waals surface area contributed by atoms with E-state index in [0.717, 1.165) is 0 Å². The minimum Gasteiger partial charge on any atom is -0.388 e. The van der Waals surface area contributed by atoms with E-state index in [9.17, 15) is 14.7 Å². The van der Waals surface area contributed by atoms with Crippen molar-refractivity contribution in [3.63, 3.8) is 0 Å². The van der Waals surface area contributed by atoms with Gasteiger partial charge in [-0.3, -0.25) is 14.5 Å². The van der Waals surface area contributed by atoms with E-state index >= 15 is 0 Å². The lowest BCUT2D eigenvalue weighted by atomic mass is 9.65. The van der Waals surface area contributed by atoms with Gasteiger partial charge in [0, 0.05) is 18.6 Å². The Morgan fingerprint density at radius 2 is 2.00 bits per heavy atom. The first kappa shape index (κ1) is 13.3. The van der Waals surface area contributed by atoms with E-state index in [1.165, 1.54) is 0 Å². The van der Waals surface area contributed by atoms with Crippen LogP contribution < -0.4 is 4.90 Å². The van der Waals surface area contributed by atoms with Gasteiger partial charge in [-0.1, -0.05) is 24.3 Å². The Hall–Kier alpha value is -2.18. The molecule has 1 aliphatic carbocycles. The molecule has 4 aliphatic heterocycles. The number of rotatable bonds is 1. The van der Waals surface area contributed by atoms with E-state index in [0.29, 0.717) is 24.2 Å². The van der Waals surface area contributed by atoms with Gasteiger partial charge in [-0.15, -0.1) is 0 Å². The molecular weight excluding hydrogens is 296 g/mol. The predicted molar refractivity (Wildman–Crippen MR) is 80.3 cm³/mol. The van der Waals surface area contributed by atoms with Crippen molar-refractivity contribution in [2.24, 2.45) is 5.92 Å². The maximum Gasteiger partial charge on any atom is 0.318 e. The number of anilines is 1. The SMILES string of the molecule is CO[C@]12C=CC34[C@@H](C1)[C@H](O)c1ccccc1N3C(=O)C(=O)N4C2. The first-order chi connectivity index (χ1) is 11.0. The topological polar surface area (TPSA) is 70.1 Å². The van der Waals surface area contributed by atoms with Gasteiger partial charge in [0.1, 0.15) is 11.3 Å². The molecule has 0 aromatic heterocycles. The lowest BCUT2D eigenvalue weighted by Crippen LogP contribution is -2.72. The number of nitrogens with zero attached hydrogens (tertiary/aromatic N) is 2. The van der Waals surface area contributed by atoms with Gasteiger partial charge in [0.25, 0.3) is 0 Å². The summed E-state index contributed by atoms with van der Waals surface area (Å²) in [6.45, 7) is 0.340. The largest absolute Gasteiger partial charge is 0.388 e. The number of ether oxygens (including phenoxy) is 1. The molecule has 2 amide bonds. The van der Waals surface area contributed by atoms with Gasteiger partial charge in [-0.25, -0.2) is 0 Å². The van der Waals surface area contributed by atoms with E-state index < -0.39 is 29.2 Å². The molecule has 4 heterocycles. The minimum absolute atomic E-state index is 0.300. The number of piperidine rings is 1. The molecule has 6 heteroatoms. The van der Waals surface area contributed by atoms with Crippen LogP contribution in [0.2, 0.25) is 0 Å². The fourth-order valence-electron chi connectivity index (χ4n) is 4.78. The fourth-order valence-corrected chi connectivity index (χ4v) is 4.78. The van der Waals surface area contributed by atoms with Crippen molar-refractivity contribution >= 4 is 17.5 Å². The summed E-state index contributed by atoms with van der Waals surface area (Å²) in [4.78, 5) is 28.5. The number of amides is 2. The Labute approximate surface area is 132 Å². The molecule has 6 nitrogen and oxygen atoms in total. The Morgan fingerprint density at radius 1 is 1.22 bits per heavy atom. The van der Waals surface area contributed by atoms with Crippen molar-refractivity contribution in [1.82, 2.24) is 4.90 Å². The number of para-hydroxylation sites is 1. The standard InChI is InChI=1S/C17H16N2O4/c1-23-16-6-7-17-11(8-16)13(20)10-4-2-3-5-12(10)19(17)15(22)14(21)18(17)9-16/h2-7,11,13,20H,8-9H2,1H3/t11-,13+,16+,17?/m0/s1. The first-order valence-electron chi connectivity index (χ1n) is 7.73. The van der Waals surface area contributed by atoms with Gasteiger partial charge in [0.15, 0.2) is 0 Å². The molecule has 1 spiro atoms. The Balaban J connectivity index is 1.83. The second-order valence-electron chi connectivity index (χ2n) is 6.73. The number of methoxy groups -OCH3 is 1. The third-order valence-electron chi connectivity index (χ3n) is 5.88. The van der Waals surface area contributed by atoms with Crippen LogP contribution in [-0.2, 0) is 14.3 Å². The summed E-state index contributed by atoms with van der Waals surface area (Å²) in [5.41, 5.74) is -0.222. The van der Waals surface area contributed by atoms with Crippen LogP contribution in [0, 0.1) is 5.92 Å². The molecule has 118 valence electrons. The van der Waals surface area contributed by atoms with Crippen LogP contribution in [-0.4, -0.2) is 46.7 Å². The third-order valence-corrected chi connectivity index (χ3v) is 5.88. The molecule has 1 aromatic rings. The van der Waals surface area contributed by atoms with Gasteiger partial charge in [0.05, 0.1) is 18.3 Å². The number of hydrogen-bond acceptors (Lipinski definition) is 4. The van der Waals surface area contributed by atoms with Crippen LogP contribution in [0.3, 0.4) is 0 Å². The molecule has 2 fully saturated rings. The summed E-state index contributed by atoms with van der Waals surface area (Å²) in [6.07, 6.45) is 3.64. The Kier molecular flexibility index (Phi) is 2.21. The van der Waals surface area contributed by atoms with Gasteiger partial charge >= 0.3 is 11.8 Å². The maximum atomic E-state index is 12.7. The lowest BCUT2D eigenvalue weighted by Gasteiger charge is -2.61. The summed E-state index contributed by atoms with van der Waals surface area (Å²) in [5, 5.41) is 11.0. The second-order valence-corrected chi connectivity index (χ2v) is 6.73. The highest BCUT2D eigenvalue weighted by molar-refractivity contribution is 6.43. The highest BCUT2D eigenvalue weighted by Gasteiger charge is 2.70. The van der Waals surface area contributed by atoms with E-state index in [2.05, 4.69) is 0 Å². The molecule has 1 aromatic carbocycles. The molecule has 2 bridgehead atoms. The Morgan fingerprint density at radius 3 is 2.78 bits per heavy atom. The first-order valence-corrected chi connectivity index (χ1v) is 7.73. The quantitative estimate of drug-likeness (QED) is 0.608. The van der Waals surface area contributed by atoms with Gasteiger partial charge in [-0.2, -0.15) is 0 Å². The number of carbonyl (C=O) groups is 2. The van der Waals surface area contributed by atoms with Gasteiger partial charge in [0.2, 0.25) is 0 Å². The van der Waals surface area contributed by atoms with Gasteiger partial charge < -0.3 is 14.7 Å². The summed E-state index contributed by atoms with van der Waals surface area (Å²) < 4.78 is 5.66. The zero-order chi connectivity index (χ0) is 16.0. The molecule has 5 aliphatic rings. The average Bonchev–Trinajstić information content (AvgIpc) is 2.82. The zero-order valence-electron chi connectivity index (χ0n) is 12.6. The smallest absolute Gasteiger partial charge is 0.318 e. The van der Waals surface area contributed by atoms with Crippen LogP contribution in [0.25, 0.3) is 0 Å². The van der Waals surface area contributed by atoms with Crippen LogP contribution in [0.15, 0.2) is 36.4 Å². The van der Waals surface area contributed by atoms with Crippen LogP contribution in [0.4, 0.5) is 5.69 Å². The summed E-state index contributed by atoms with van der Waals surface area (Å²) in [7, 11) is 1.60. The van der Waals surface area contributed by atoms with Crippen molar-refractivity contribution < 1.29 is 19.4 Å². The van der Waals surface area contributed by atoms with E-state index in [1.807, 2.05) is 30.4 Å². The molecule has 1 N–H and O–H groups in total. The van der Waals surface area contributed by atoms with Crippen LogP contribution in [0.1, 0.15) is 18.1 Å². The van der Waals surface area contributed by atoms with Crippen LogP contribution in [0.5, 0.6) is 0 Å². The van der Waals surface area contributed by atoms with Crippen molar-refractivity contribution in [2.45, 2.75) is 23.8 Å². The summed E-state index contributed by atoms with van der Waals surface area (Å²) >= 11 is 0. The molecule has 1 unspecified atom stereocenters. The van der Waals surface area contributed by atoms with Gasteiger partial charge in [-0.05, 0) is 18.6 Å². The molecule has 23 heavy (non-hydrogen) atoms. The molecular formula is C17H16N2O4. The van der Waals surface area contributed by atoms with Crippen molar-refractivity contribution in [3.05, 3.63) is 42.0 Å². The molecule has 2 saturated heterocycles. The highest BCUT2D eigenvalue weighted by Crippen LogP contribution is 2.59. The predicted octanol–water partition coefficient (Wildman–Crippen LogP) is 0.580. The van der Waals surface area contributed by atoms with Crippen LogP contribution >= 0.6 is 0 Å². The molecule has 4 atom stereocenters. The van der Waals surface area contributed by atoms with Crippen molar-refractivity contribution in [2.75, 3.05) is 18.6 Å². The number of fused-ring (bicyclic) bond motifs is 2. The highest BCUT2D eigenvalue weighted by atomic mass is 16.5.